The normalized spacial score (nSPS) is 10.4. The lowest BCUT2D eigenvalue weighted by Gasteiger charge is -2.20. The first-order valence-electron chi connectivity index (χ1n) is 5.96. The molecule has 7 heteroatoms. The number of hydrogen-bond donors (Lipinski definition) is 2. The molecule has 0 aliphatic carbocycles. The summed E-state index contributed by atoms with van der Waals surface area (Å²) in [6, 6.07) is 5.73. The zero-order valence-electron chi connectivity index (χ0n) is 11.0. The highest BCUT2D eigenvalue weighted by molar-refractivity contribution is 7.13. The Kier molecular flexibility index (Phi) is 4.50. The number of carbonyl (C=O) groups is 2. The highest BCUT2D eigenvalue weighted by Gasteiger charge is 2.24. The number of nitrogens with zero attached hydrogens (tertiary/aromatic N) is 1. The first kappa shape index (κ1) is 15.3. The zero-order chi connectivity index (χ0) is 15.6. The SMILES string of the molecule is Cc1csc(C(=O)N(CC(=O)O)c2ccc(O)cc2)c1Cl. The molecule has 110 valence electrons. The molecule has 0 bridgehead atoms. The zero-order valence-corrected chi connectivity index (χ0v) is 12.6. The number of aliphatic carboxylic acids is 1. The van der Waals surface area contributed by atoms with Crippen molar-refractivity contribution in [2.45, 2.75) is 6.92 Å². The molecule has 2 N–H and O–H groups in total. The summed E-state index contributed by atoms with van der Waals surface area (Å²) in [6.45, 7) is 1.29. The van der Waals surface area contributed by atoms with Gasteiger partial charge in [0.25, 0.3) is 5.91 Å². The quantitative estimate of drug-likeness (QED) is 0.905. The van der Waals surface area contributed by atoms with Crippen molar-refractivity contribution in [3.8, 4) is 5.75 Å². The second-order valence-electron chi connectivity index (χ2n) is 4.36. The average molecular weight is 326 g/mol. The van der Waals surface area contributed by atoms with Crippen LogP contribution < -0.4 is 4.90 Å². The van der Waals surface area contributed by atoms with Gasteiger partial charge in [0.2, 0.25) is 0 Å². The number of thiophene rings is 1. The molecule has 2 aromatic rings. The Balaban J connectivity index is 2.40. The van der Waals surface area contributed by atoms with Gasteiger partial charge in [-0.25, -0.2) is 0 Å². The van der Waals surface area contributed by atoms with Crippen LogP contribution in [0.1, 0.15) is 15.2 Å². The molecule has 2 rings (SSSR count). The van der Waals surface area contributed by atoms with E-state index in [2.05, 4.69) is 0 Å². The standard InChI is InChI=1S/C14H12ClNO4S/c1-8-7-21-13(12(8)15)14(20)16(6-11(18)19)9-2-4-10(17)5-3-9/h2-5,7,17H,6H2,1H3,(H,18,19). The fraction of sp³-hybridized carbons (Fsp3) is 0.143. The molecular weight excluding hydrogens is 314 g/mol. The van der Waals surface area contributed by atoms with Crippen molar-refractivity contribution in [1.29, 1.82) is 0 Å². The molecule has 0 aliphatic heterocycles. The first-order chi connectivity index (χ1) is 9.90. The second kappa shape index (κ2) is 6.15. The Morgan fingerprint density at radius 2 is 1.90 bits per heavy atom. The lowest BCUT2D eigenvalue weighted by molar-refractivity contribution is -0.135. The van der Waals surface area contributed by atoms with Crippen LogP contribution >= 0.6 is 22.9 Å². The van der Waals surface area contributed by atoms with Gasteiger partial charge in [-0.15, -0.1) is 11.3 Å². The Morgan fingerprint density at radius 3 is 2.38 bits per heavy atom. The van der Waals surface area contributed by atoms with Crippen LogP contribution in [0.25, 0.3) is 0 Å². The third-order valence-electron chi connectivity index (χ3n) is 2.79. The molecule has 1 aromatic heterocycles. The van der Waals surface area contributed by atoms with Crippen molar-refractivity contribution in [1.82, 2.24) is 0 Å². The minimum absolute atomic E-state index is 0.0338. The Labute approximate surface area is 130 Å². The fourth-order valence-corrected chi connectivity index (χ4v) is 2.97. The summed E-state index contributed by atoms with van der Waals surface area (Å²) in [5.74, 6) is -1.58. The molecule has 1 heterocycles. The topological polar surface area (TPSA) is 77.8 Å². The van der Waals surface area contributed by atoms with Gasteiger partial charge in [-0.2, -0.15) is 0 Å². The van der Waals surface area contributed by atoms with Gasteiger partial charge >= 0.3 is 5.97 Å². The van der Waals surface area contributed by atoms with Gasteiger partial charge in [0.05, 0.1) is 5.02 Å². The van der Waals surface area contributed by atoms with Crippen LogP contribution in [0, 0.1) is 6.92 Å². The lowest BCUT2D eigenvalue weighted by Crippen LogP contribution is -2.35. The minimum atomic E-state index is -1.14. The van der Waals surface area contributed by atoms with Gasteiger partial charge in [0.15, 0.2) is 0 Å². The molecule has 0 unspecified atom stereocenters. The highest BCUT2D eigenvalue weighted by atomic mass is 35.5. The van der Waals surface area contributed by atoms with E-state index in [1.54, 1.807) is 12.3 Å². The number of anilines is 1. The van der Waals surface area contributed by atoms with E-state index >= 15 is 0 Å². The van der Waals surface area contributed by atoms with Crippen molar-refractivity contribution < 1.29 is 19.8 Å². The molecule has 0 radical (unpaired) electrons. The second-order valence-corrected chi connectivity index (χ2v) is 5.62. The van der Waals surface area contributed by atoms with Gasteiger partial charge in [0.1, 0.15) is 17.2 Å². The maximum Gasteiger partial charge on any atom is 0.323 e. The molecule has 1 amide bonds. The third-order valence-corrected chi connectivity index (χ3v) is 4.48. The summed E-state index contributed by atoms with van der Waals surface area (Å²) in [4.78, 5) is 24.9. The molecule has 5 nitrogen and oxygen atoms in total. The molecule has 1 aromatic carbocycles. The van der Waals surface area contributed by atoms with E-state index in [9.17, 15) is 14.7 Å². The number of aromatic hydroxyl groups is 1. The number of halogens is 1. The molecule has 0 spiro atoms. The van der Waals surface area contributed by atoms with Crippen LogP contribution in [0.5, 0.6) is 5.75 Å². The lowest BCUT2D eigenvalue weighted by atomic mass is 10.2. The van der Waals surface area contributed by atoms with Gasteiger partial charge in [-0.05, 0) is 42.1 Å². The van der Waals surface area contributed by atoms with Crippen LogP contribution in [-0.2, 0) is 4.79 Å². The van der Waals surface area contributed by atoms with Crippen LogP contribution in [-0.4, -0.2) is 28.6 Å². The number of hydrogen-bond acceptors (Lipinski definition) is 4. The van der Waals surface area contributed by atoms with Crippen LogP contribution in [0.2, 0.25) is 5.02 Å². The Morgan fingerprint density at radius 1 is 1.29 bits per heavy atom. The van der Waals surface area contributed by atoms with E-state index < -0.39 is 18.4 Å². The van der Waals surface area contributed by atoms with Crippen LogP contribution in [0.15, 0.2) is 29.6 Å². The summed E-state index contributed by atoms with van der Waals surface area (Å²) >= 11 is 7.24. The number of amides is 1. The van der Waals surface area contributed by atoms with Crippen molar-refractivity contribution in [3.63, 3.8) is 0 Å². The van der Waals surface area contributed by atoms with Crippen LogP contribution in [0.4, 0.5) is 5.69 Å². The minimum Gasteiger partial charge on any atom is -0.508 e. The summed E-state index contributed by atoms with van der Waals surface area (Å²) < 4.78 is 0. The van der Waals surface area contributed by atoms with E-state index in [1.807, 2.05) is 0 Å². The Hall–Kier alpha value is -2.05. The van der Waals surface area contributed by atoms with Gasteiger partial charge in [-0.1, -0.05) is 11.6 Å². The number of carboxylic acids is 1. The smallest absolute Gasteiger partial charge is 0.323 e. The number of phenols is 1. The van der Waals surface area contributed by atoms with Crippen LogP contribution in [0.3, 0.4) is 0 Å². The van der Waals surface area contributed by atoms with Gasteiger partial charge in [-0.3, -0.25) is 14.5 Å². The van der Waals surface area contributed by atoms with Gasteiger partial charge < -0.3 is 10.2 Å². The monoisotopic (exact) mass is 325 g/mol. The molecule has 0 saturated heterocycles. The summed E-state index contributed by atoms with van der Waals surface area (Å²) in [5.41, 5.74) is 1.15. The van der Waals surface area contributed by atoms with E-state index in [0.29, 0.717) is 15.6 Å². The third kappa shape index (κ3) is 3.34. The fourth-order valence-electron chi connectivity index (χ4n) is 1.74. The number of rotatable bonds is 4. The average Bonchev–Trinajstić information content (AvgIpc) is 2.77. The first-order valence-corrected chi connectivity index (χ1v) is 7.22. The van der Waals surface area contributed by atoms with E-state index in [-0.39, 0.29) is 5.75 Å². The molecule has 0 atom stereocenters. The van der Waals surface area contributed by atoms with E-state index in [0.717, 1.165) is 10.5 Å². The molecule has 21 heavy (non-hydrogen) atoms. The summed E-state index contributed by atoms with van der Waals surface area (Å²) in [5, 5.41) is 20.4. The molecule has 0 fully saturated rings. The number of benzene rings is 1. The molecular formula is C14H12ClNO4S. The van der Waals surface area contributed by atoms with E-state index in [1.165, 1.54) is 35.6 Å². The van der Waals surface area contributed by atoms with Crippen molar-refractivity contribution >= 4 is 40.5 Å². The highest BCUT2D eigenvalue weighted by Crippen LogP contribution is 2.30. The maximum absolute atomic E-state index is 12.5. The van der Waals surface area contributed by atoms with Gasteiger partial charge in [0, 0.05) is 5.69 Å². The number of aryl methyl sites for hydroxylation is 1. The molecule has 0 aliphatic rings. The predicted octanol–water partition coefficient (Wildman–Crippen LogP) is 3.15. The largest absolute Gasteiger partial charge is 0.508 e. The Bertz CT molecular complexity index is 681. The number of phenolic OH excluding ortho intramolecular Hbond substituents is 1. The summed E-state index contributed by atoms with van der Waals surface area (Å²) in [6.07, 6.45) is 0. The number of carboxylic acid groups (broad SMARTS) is 1. The van der Waals surface area contributed by atoms with Crippen molar-refractivity contribution in [2.24, 2.45) is 0 Å². The van der Waals surface area contributed by atoms with E-state index in [4.69, 9.17) is 16.7 Å². The maximum atomic E-state index is 12.5. The molecule has 0 saturated carbocycles. The summed E-state index contributed by atoms with van der Waals surface area (Å²) in [7, 11) is 0. The van der Waals surface area contributed by atoms with Crippen molar-refractivity contribution in [2.75, 3.05) is 11.4 Å². The predicted molar refractivity (Wildman–Crippen MR) is 81.5 cm³/mol. The number of carbonyl (C=O) groups excluding carboxylic acids is 1. The van der Waals surface area contributed by atoms with Crippen molar-refractivity contribution in [3.05, 3.63) is 45.1 Å².